The molecule has 3 aromatic carbocycles. The Balaban J connectivity index is 2.03. The average molecular weight is 542 g/mol. The number of sulfonamides is 1. The van der Waals surface area contributed by atoms with Gasteiger partial charge in [0.2, 0.25) is 11.8 Å². The molecule has 2 amide bonds. The Morgan fingerprint density at radius 1 is 0.892 bits per heavy atom. The number of halogens is 1. The quantitative estimate of drug-likeness (QED) is 0.400. The molecule has 0 radical (unpaired) electrons. The summed E-state index contributed by atoms with van der Waals surface area (Å²) in [6, 6.07) is 21.1. The summed E-state index contributed by atoms with van der Waals surface area (Å²) in [5.74, 6) is -0.865. The van der Waals surface area contributed by atoms with Crippen molar-refractivity contribution >= 4 is 39.1 Å². The molecule has 0 saturated carbocycles. The lowest BCUT2D eigenvalue weighted by Crippen LogP contribution is -2.52. The van der Waals surface area contributed by atoms with Crippen LogP contribution in [-0.4, -0.2) is 43.8 Å². The van der Waals surface area contributed by atoms with E-state index in [1.54, 1.807) is 43.3 Å². The van der Waals surface area contributed by atoms with Crippen LogP contribution in [-0.2, 0) is 26.2 Å². The summed E-state index contributed by atoms with van der Waals surface area (Å²) in [5, 5.41) is 3.02. The van der Waals surface area contributed by atoms with E-state index in [1.165, 1.54) is 17.0 Å². The molecule has 0 aliphatic heterocycles. The molecule has 1 N–H and O–H groups in total. The lowest BCUT2D eigenvalue weighted by molar-refractivity contribution is -0.139. The van der Waals surface area contributed by atoms with E-state index in [1.807, 2.05) is 51.1 Å². The van der Waals surface area contributed by atoms with Crippen molar-refractivity contribution in [3.05, 3.63) is 95.0 Å². The van der Waals surface area contributed by atoms with Gasteiger partial charge in [0.15, 0.2) is 0 Å². The van der Waals surface area contributed by atoms with Crippen LogP contribution in [0.2, 0.25) is 5.02 Å². The van der Waals surface area contributed by atoms with Crippen LogP contribution in [0.4, 0.5) is 5.69 Å². The second kappa shape index (κ2) is 12.3. The van der Waals surface area contributed by atoms with Gasteiger partial charge in [0.25, 0.3) is 10.0 Å². The third-order valence-electron chi connectivity index (χ3n) is 5.80. The Morgan fingerprint density at radius 3 is 2.08 bits per heavy atom. The van der Waals surface area contributed by atoms with Gasteiger partial charge in [0.1, 0.15) is 12.6 Å². The molecule has 0 heterocycles. The summed E-state index contributed by atoms with van der Waals surface area (Å²) < 4.78 is 28.6. The smallest absolute Gasteiger partial charge is 0.264 e. The number of carbonyl (C=O) groups is 2. The minimum atomic E-state index is -4.16. The van der Waals surface area contributed by atoms with Gasteiger partial charge in [-0.2, -0.15) is 0 Å². The van der Waals surface area contributed by atoms with Crippen molar-refractivity contribution in [2.75, 3.05) is 10.8 Å². The van der Waals surface area contributed by atoms with E-state index in [0.29, 0.717) is 0 Å². The van der Waals surface area contributed by atoms with Gasteiger partial charge in [-0.05, 0) is 57.5 Å². The van der Waals surface area contributed by atoms with Crippen LogP contribution in [0.3, 0.4) is 0 Å². The number of para-hydroxylation sites is 1. The highest BCUT2D eigenvalue weighted by molar-refractivity contribution is 7.92. The molecule has 0 bridgehead atoms. The summed E-state index contributed by atoms with van der Waals surface area (Å²) >= 11 is 6.41. The molecular weight excluding hydrogens is 510 g/mol. The fraction of sp³-hybridized carbons (Fsp3) is 0.286. The largest absolute Gasteiger partial charge is 0.352 e. The van der Waals surface area contributed by atoms with Crippen molar-refractivity contribution in [2.24, 2.45) is 0 Å². The van der Waals surface area contributed by atoms with E-state index < -0.39 is 28.5 Å². The molecule has 0 fully saturated rings. The zero-order valence-electron chi connectivity index (χ0n) is 21.4. The van der Waals surface area contributed by atoms with Crippen molar-refractivity contribution < 1.29 is 18.0 Å². The summed E-state index contributed by atoms with van der Waals surface area (Å²) in [4.78, 5) is 28.1. The summed E-state index contributed by atoms with van der Waals surface area (Å²) in [6.07, 6.45) is 0. The van der Waals surface area contributed by atoms with Gasteiger partial charge in [0.05, 0.1) is 15.6 Å². The summed E-state index contributed by atoms with van der Waals surface area (Å²) in [6.45, 7) is 6.76. The first-order valence-corrected chi connectivity index (χ1v) is 13.8. The van der Waals surface area contributed by atoms with E-state index in [-0.39, 0.29) is 34.1 Å². The van der Waals surface area contributed by atoms with E-state index in [2.05, 4.69) is 5.32 Å². The highest BCUT2D eigenvalue weighted by Gasteiger charge is 2.33. The zero-order valence-corrected chi connectivity index (χ0v) is 23.0. The van der Waals surface area contributed by atoms with Gasteiger partial charge in [-0.15, -0.1) is 0 Å². The molecule has 37 heavy (non-hydrogen) atoms. The van der Waals surface area contributed by atoms with Crippen LogP contribution in [0.25, 0.3) is 0 Å². The van der Waals surface area contributed by atoms with Crippen LogP contribution >= 0.6 is 11.6 Å². The summed E-state index contributed by atoms with van der Waals surface area (Å²) in [5.41, 5.74) is 1.89. The monoisotopic (exact) mass is 541 g/mol. The van der Waals surface area contributed by atoms with Crippen molar-refractivity contribution in [1.82, 2.24) is 10.2 Å². The average Bonchev–Trinajstić information content (AvgIpc) is 2.86. The summed E-state index contributed by atoms with van der Waals surface area (Å²) in [7, 11) is -4.16. The zero-order chi connectivity index (χ0) is 27.2. The first kappa shape index (κ1) is 28.2. The van der Waals surface area contributed by atoms with Gasteiger partial charge >= 0.3 is 0 Å². The van der Waals surface area contributed by atoms with Crippen LogP contribution < -0.4 is 9.62 Å². The number of rotatable bonds is 10. The standard InChI is InChI=1S/C28H32ClN3O4S/c1-20(2)30-28(34)22(4)31(18-23-10-6-5-7-11-23)27(33)19-32(26-13-9-8-12-25(26)29)37(35,36)24-16-14-21(3)15-17-24/h5-17,20,22H,18-19H2,1-4H3,(H,30,34)/t22-/m1/s1. The Morgan fingerprint density at radius 2 is 1.49 bits per heavy atom. The van der Waals surface area contributed by atoms with Crippen LogP contribution in [0, 0.1) is 6.92 Å². The number of hydrogen-bond donors (Lipinski definition) is 1. The minimum absolute atomic E-state index is 0.0334. The molecule has 0 aliphatic carbocycles. The van der Waals surface area contributed by atoms with Crippen molar-refractivity contribution in [3.63, 3.8) is 0 Å². The normalized spacial score (nSPS) is 12.2. The molecule has 3 rings (SSSR count). The lowest BCUT2D eigenvalue weighted by Gasteiger charge is -2.32. The lowest BCUT2D eigenvalue weighted by atomic mass is 10.1. The molecule has 0 unspecified atom stereocenters. The topological polar surface area (TPSA) is 86.8 Å². The fourth-order valence-corrected chi connectivity index (χ4v) is 5.49. The van der Waals surface area contributed by atoms with Gasteiger partial charge in [-0.3, -0.25) is 13.9 Å². The molecule has 7 nitrogen and oxygen atoms in total. The number of amides is 2. The van der Waals surface area contributed by atoms with E-state index in [0.717, 1.165) is 15.4 Å². The van der Waals surface area contributed by atoms with Crippen LogP contribution in [0.1, 0.15) is 31.9 Å². The van der Waals surface area contributed by atoms with Crippen molar-refractivity contribution in [2.45, 2.75) is 51.2 Å². The van der Waals surface area contributed by atoms with Gasteiger partial charge in [-0.25, -0.2) is 8.42 Å². The number of hydrogen-bond acceptors (Lipinski definition) is 4. The molecule has 9 heteroatoms. The first-order valence-electron chi connectivity index (χ1n) is 12.0. The maximum Gasteiger partial charge on any atom is 0.264 e. The first-order chi connectivity index (χ1) is 17.5. The predicted molar refractivity (Wildman–Crippen MR) is 147 cm³/mol. The Kier molecular flexibility index (Phi) is 9.34. The molecule has 1 atom stereocenters. The molecule has 0 aromatic heterocycles. The molecular formula is C28H32ClN3O4S. The van der Waals surface area contributed by atoms with Crippen molar-refractivity contribution in [3.8, 4) is 0 Å². The third-order valence-corrected chi connectivity index (χ3v) is 7.90. The molecule has 196 valence electrons. The molecule has 0 spiro atoms. The highest BCUT2D eigenvalue weighted by atomic mass is 35.5. The van der Waals surface area contributed by atoms with Gasteiger partial charge < -0.3 is 10.2 Å². The molecule has 0 saturated heterocycles. The highest BCUT2D eigenvalue weighted by Crippen LogP contribution is 2.30. The second-order valence-electron chi connectivity index (χ2n) is 9.12. The molecule has 0 aliphatic rings. The van der Waals surface area contributed by atoms with Crippen LogP contribution in [0.5, 0.6) is 0 Å². The maximum atomic E-state index is 13.8. The van der Waals surface area contributed by atoms with E-state index in [4.69, 9.17) is 11.6 Å². The van der Waals surface area contributed by atoms with Gasteiger partial charge in [-0.1, -0.05) is 71.8 Å². The number of benzene rings is 3. The SMILES string of the molecule is Cc1ccc(S(=O)(=O)N(CC(=O)N(Cc2ccccc2)[C@H](C)C(=O)NC(C)C)c2ccccc2Cl)cc1. The predicted octanol–water partition coefficient (Wildman–Crippen LogP) is 4.79. The molecule has 3 aromatic rings. The number of anilines is 1. The Labute approximate surface area is 224 Å². The minimum Gasteiger partial charge on any atom is -0.352 e. The second-order valence-corrected chi connectivity index (χ2v) is 11.4. The Bertz CT molecular complexity index is 1330. The Hall–Kier alpha value is -3.36. The van der Waals surface area contributed by atoms with E-state index in [9.17, 15) is 18.0 Å². The number of aryl methyl sites for hydroxylation is 1. The third kappa shape index (κ3) is 7.11. The number of nitrogens with one attached hydrogen (secondary N) is 1. The van der Waals surface area contributed by atoms with Crippen LogP contribution in [0.15, 0.2) is 83.8 Å². The maximum absolute atomic E-state index is 13.8. The number of carbonyl (C=O) groups excluding carboxylic acids is 2. The number of nitrogens with zero attached hydrogens (tertiary/aromatic N) is 2. The fourth-order valence-electron chi connectivity index (χ4n) is 3.77. The van der Waals surface area contributed by atoms with Crippen molar-refractivity contribution in [1.29, 1.82) is 0 Å². The van der Waals surface area contributed by atoms with E-state index >= 15 is 0 Å². The van der Waals surface area contributed by atoms with Gasteiger partial charge in [0, 0.05) is 12.6 Å².